The van der Waals surface area contributed by atoms with Gasteiger partial charge in [-0.3, -0.25) is 4.90 Å². The third kappa shape index (κ3) is 7.63. The fourth-order valence-corrected chi connectivity index (χ4v) is 4.02. The molecule has 1 fully saturated rings. The number of nitrogens with one attached hydrogen (secondary N) is 1. The second-order valence-corrected chi connectivity index (χ2v) is 9.75. The van der Waals surface area contributed by atoms with E-state index in [4.69, 9.17) is 14.2 Å². The number of halogens is 2. The molecule has 1 aliphatic rings. The van der Waals surface area contributed by atoms with E-state index in [2.05, 4.69) is 20.3 Å². The summed E-state index contributed by atoms with van der Waals surface area (Å²) in [5.74, 6) is -0.523. The number of anilines is 1. The molecule has 208 valence electrons. The lowest BCUT2D eigenvalue weighted by molar-refractivity contribution is -0.144. The Morgan fingerprint density at radius 3 is 2.55 bits per heavy atom. The van der Waals surface area contributed by atoms with Crippen LogP contribution in [0.4, 0.5) is 19.4 Å². The van der Waals surface area contributed by atoms with Gasteiger partial charge in [-0.1, -0.05) is 0 Å². The Morgan fingerprint density at radius 1 is 1.21 bits per heavy atom. The molecule has 2 N–H and O–H groups in total. The lowest BCUT2D eigenvalue weighted by Gasteiger charge is -2.38. The number of carboxylic acids is 1. The molecule has 3 rings (SSSR count). The van der Waals surface area contributed by atoms with Crippen molar-refractivity contribution < 1.29 is 42.4 Å². The van der Waals surface area contributed by atoms with Crippen LogP contribution >= 0.6 is 0 Å². The number of benzene rings is 1. The van der Waals surface area contributed by atoms with Crippen LogP contribution < -0.4 is 14.8 Å². The zero-order valence-corrected chi connectivity index (χ0v) is 21.9. The number of aryl methyl sites for hydroxylation is 1. The summed E-state index contributed by atoms with van der Waals surface area (Å²) in [5, 5.41) is 21.3. The number of alkyl halides is 2. The third-order valence-electron chi connectivity index (χ3n) is 5.60. The van der Waals surface area contributed by atoms with Crippen LogP contribution in [0, 0.1) is 6.92 Å². The number of piperidine rings is 1. The van der Waals surface area contributed by atoms with E-state index in [9.17, 15) is 23.5 Å². The van der Waals surface area contributed by atoms with E-state index in [0.717, 1.165) is 0 Å². The SMILES string of the molecule is COCOc1cc(OC(F)F)ccc1-c1nnc(N[C@@H]2CC[C@H](C(=O)O)N(C(=O)OC(C)(C)C)C2)cc1C. The molecule has 1 aromatic carbocycles. The molecule has 2 heterocycles. The van der Waals surface area contributed by atoms with Gasteiger partial charge in [-0.25, -0.2) is 9.59 Å². The Bertz CT molecular complexity index is 1140. The van der Waals surface area contributed by atoms with E-state index in [1.165, 1.54) is 24.1 Å². The molecule has 1 amide bonds. The first-order valence-corrected chi connectivity index (χ1v) is 11.9. The monoisotopic (exact) mass is 538 g/mol. The highest BCUT2D eigenvalue weighted by atomic mass is 19.3. The summed E-state index contributed by atoms with van der Waals surface area (Å²) < 4.78 is 45.7. The number of aliphatic carboxylic acids is 1. The van der Waals surface area contributed by atoms with Crippen molar-refractivity contribution in [2.75, 3.05) is 25.8 Å². The molecule has 2 atom stereocenters. The second-order valence-electron chi connectivity index (χ2n) is 9.75. The van der Waals surface area contributed by atoms with Crippen LogP contribution in [0.2, 0.25) is 0 Å². The van der Waals surface area contributed by atoms with E-state index in [0.29, 0.717) is 29.1 Å². The van der Waals surface area contributed by atoms with E-state index in [-0.39, 0.29) is 37.3 Å². The highest BCUT2D eigenvalue weighted by Crippen LogP contribution is 2.35. The van der Waals surface area contributed by atoms with Crippen molar-refractivity contribution in [3.63, 3.8) is 0 Å². The van der Waals surface area contributed by atoms with Crippen molar-refractivity contribution in [2.45, 2.75) is 64.8 Å². The fourth-order valence-electron chi connectivity index (χ4n) is 4.02. The van der Waals surface area contributed by atoms with E-state index >= 15 is 0 Å². The minimum atomic E-state index is -2.99. The number of nitrogens with zero attached hydrogens (tertiary/aromatic N) is 3. The number of hydrogen-bond donors (Lipinski definition) is 2. The summed E-state index contributed by atoms with van der Waals surface area (Å²) >= 11 is 0. The van der Waals surface area contributed by atoms with Gasteiger partial charge >= 0.3 is 18.7 Å². The maximum atomic E-state index is 12.7. The summed E-state index contributed by atoms with van der Waals surface area (Å²) in [6, 6.07) is 4.71. The number of amides is 1. The van der Waals surface area contributed by atoms with Crippen molar-refractivity contribution in [3.8, 4) is 22.8 Å². The van der Waals surface area contributed by atoms with Crippen LogP contribution in [0.25, 0.3) is 11.3 Å². The molecule has 0 unspecified atom stereocenters. The highest BCUT2D eigenvalue weighted by Gasteiger charge is 2.38. The number of ether oxygens (including phenoxy) is 4. The quantitative estimate of drug-likeness (QED) is 0.445. The molecule has 0 aliphatic carbocycles. The molecule has 0 spiro atoms. The maximum absolute atomic E-state index is 12.7. The molecule has 0 radical (unpaired) electrons. The number of carbonyl (C=O) groups is 2. The molecule has 0 saturated carbocycles. The Morgan fingerprint density at radius 2 is 1.95 bits per heavy atom. The van der Waals surface area contributed by atoms with E-state index < -0.39 is 30.3 Å². The molecule has 2 aromatic rings. The molecule has 13 heteroatoms. The molecular formula is C25H32F2N4O7. The van der Waals surface area contributed by atoms with Crippen LogP contribution in [0.5, 0.6) is 11.5 Å². The number of methoxy groups -OCH3 is 1. The average Bonchev–Trinajstić information content (AvgIpc) is 2.81. The van der Waals surface area contributed by atoms with E-state index in [1.54, 1.807) is 39.8 Å². The minimum Gasteiger partial charge on any atom is -0.480 e. The molecule has 1 saturated heterocycles. The van der Waals surface area contributed by atoms with Gasteiger partial charge in [0.1, 0.15) is 29.0 Å². The van der Waals surface area contributed by atoms with Crippen LogP contribution in [-0.2, 0) is 14.3 Å². The zero-order chi connectivity index (χ0) is 28.0. The number of carboxylic acid groups (broad SMARTS) is 1. The van der Waals surface area contributed by atoms with Gasteiger partial charge in [-0.15, -0.1) is 10.2 Å². The first-order chi connectivity index (χ1) is 17.9. The standard InChI is InChI=1S/C25H32F2N4O7/c1-14-10-20(28-15-6-9-18(22(32)33)31(12-15)24(34)38-25(2,3)4)29-30-21(14)17-8-7-16(37-23(26)27)11-19(17)36-13-35-5/h7-8,10-11,15,18,23H,6,9,12-13H2,1-5H3,(H,28,29)(H,32,33)/t15-,18-/m1/s1. The van der Waals surface area contributed by atoms with Gasteiger partial charge in [0.05, 0.1) is 5.69 Å². The lowest BCUT2D eigenvalue weighted by atomic mass is 9.98. The largest absolute Gasteiger partial charge is 0.480 e. The number of aromatic nitrogens is 2. The normalized spacial score (nSPS) is 17.7. The molecule has 1 aliphatic heterocycles. The van der Waals surface area contributed by atoms with Gasteiger partial charge in [0, 0.05) is 31.3 Å². The van der Waals surface area contributed by atoms with Gasteiger partial charge in [0.2, 0.25) is 0 Å². The predicted molar refractivity (Wildman–Crippen MR) is 132 cm³/mol. The minimum absolute atomic E-state index is 0.0785. The van der Waals surface area contributed by atoms with Gasteiger partial charge in [0.15, 0.2) is 6.79 Å². The Labute approximate surface area is 219 Å². The van der Waals surface area contributed by atoms with Crippen LogP contribution in [0.3, 0.4) is 0 Å². The summed E-state index contributed by atoms with van der Waals surface area (Å²) in [7, 11) is 1.43. The summed E-state index contributed by atoms with van der Waals surface area (Å²) in [5.41, 5.74) is 0.887. The molecule has 1 aromatic heterocycles. The molecule has 38 heavy (non-hydrogen) atoms. The fraction of sp³-hybridized carbons (Fsp3) is 0.520. The van der Waals surface area contributed by atoms with Crippen molar-refractivity contribution in [1.29, 1.82) is 0 Å². The molecule has 0 bridgehead atoms. The number of hydrogen-bond acceptors (Lipinski definition) is 9. The molecule has 11 nitrogen and oxygen atoms in total. The van der Waals surface area contributed by atoms with E-state index in [1.807, 2.05) is 0 Å². The Hall–Kier alpha value is -3.74. The summed E-state index contributed by atoms with van der Waals surface area (Å²) in [6.45, 7) is 3.94. The summed E-state index contributed by atoms with van der Waals surface area (Å²) in [4.78, 5) is 25.6. The lowest BCUT2D eigenvalue weighted by Crippen LogP contribution is -2.55. The second kappa shape index (κ2) is 12.2. The van der Waals surface area contributed by atoms with Crippen LogP contribution in [-0.4, -0.2) is 77.0 Å². The average molecular weight is 539 g/mol. The summed E-state index contributed by atoms with van der Waals surface area (Å²) in [6.07, 6.45) is 0.0282. The molecular weight excluding hydrogens is 506 g/mol. The highest BCUT2D eigenvalue weighted by molar-refractivity contribution is 5.80. The van der Waals surface area contributed by atoms with Crippen molar-refractivity contribution in [2.24, 2.45) is 0 Å². The maximum Gasteiger partial charge on any atom is 0.411 e. The van der Waals surface area contributed by atoms with Crippen molar-refractivity contribution in [3.05, 3.63) is 29.8 Å². The van der Waals surface area contributed by atoms with Gasteiger partial charge in [0.25, 0.3) is 0 Å². The smallest absolute Gasteiger partial charge is 0.411 e. The van der Waals surface area contributed by atoms with Crippen LogP contribution in [0.1, 0.15) is 39.2 Å². The Balaban J connectivity index is 1.79. The van der Waals surface area contributed by atoms with Crippen molar-refractivity contribution >= 4 is 17.9 Å². The van der Waals surface area contributed by atoms with Gasteiger partial charge in [-0.05, 0) is 64.3 Å². The predicted octanol–water partition coefficient (Wildman–Crippen LogP) is 4.30. The zero-order valence-electron chi connectivity index (χ0n) is 21.9. The van der Waals surface area contributed by atoms with Crippen LogP contribution in [0.15, 0.2) is 24.3 Å². The van der Waals surface area contributed by atoms with Gasteiger partial charge < -0.3 is 29.4 Å². The number of likely N-dealkylation sites (tertiary alicyclic amines) is 1. The Kier molecular flexibility index (Phi) is 9.26. The number of carbonyl (C=O) groups excluding carboxylic acids is 1. The first-order valence-electron chi connectivity index (χ1n) is 11.9. The number of rotatable bonds is 9. The third-order valence-corrected chi connectivity index (χ3v) is 5.60. The van der Waals surface area contributed by atoms with Gasteiger partial charge in [-0.2, -0.15) is 8.78 Å². The topological polar surface area (TPSA) is 132 Å². The van der Waals surface area contributed by atoms with Crippen molar-refractivity contribution in [1.82, 2.24) is 15.1 Å². The first kappa shape index (κ1) is 28.8.